The summed E-state index contributed by atoms with van der Waals surface area (Å²) in [6, 6.07) is 14.8. The van der Waals surface area contributed by atoms with Gasteiger partial charge in [0.1, 0.15) is 5.75 Å². The summed E-state index contributed by atoms with van der Waals surface area (Å²) in [4.78, 5) is 26.8. The molecule has 29 heavy (non-hydrogen) atoms. The number of hydrogen-bond acceptors (Lipinski definition) is 6. The second-order valence-electron chi connectivity index (χ2n) is 6.79. The molecule has 4 rings (SSSR count). The van der Waals surface area contributed by atoms with Gasteiger partial charge in [-0.25, -0.2) is 0 Å². The Hall–Kier alpha value is -3.68. The Balaban J connectivity index is 1.53. The van der Waals surface area contributed by atoms with E-state index in [4.69, 9.17) is 9.15 Å². The van der Waals surface area contributed by atoms with Gasteiger partial charge in [0.2, 0.25) is 23.6 Å². The zero-order chi connectivity index (χ0) is 20.4. The average molecular weight is 392 g/mol. The number of hydrogen-bond donors (Lipinski definition) is 1. The molecule has 0 radical (unpaired) electrons. The summed E-state index contributed by atoms with van der Waals surface area (Å²) in [5.74, 6) is 0.224. The fourth-order valence-electron chi connectivity index (χ4n) is 3.41. The van der Waals surface area contributed by atoms with E-state index in [0.717, 1.165) is 11.1 Å². The zero-order valence-corrected chi connectivity index (χ0v) is 16.1. The number of amides is 2. The van der Waals surface area contributed by atoms with Crippen LogP contribution in [-0.4, -0.2) is 41.1 Å². The molecule has 0 aliphatic carbocycles. The molecule has 1 N–H and O–H groups in total. The van der Waals surface area contributed by atoms with Crippen LogP contribution in [0.5, 0.6) is 5.75 Å². The van der Waals surface area contributed by atoms with Gasteiger partial charge in [0, 0.05) is 19.0 Å². The summed E-state index contributed by atoms with van der Waals surface area (Å²) in [7, 11) is 3.18. The number of benzene rings is 2. The third-order valence-corrected chi connectivity index (χ3v) is 4.84. The molecule has 3 aromatic rings. The molecule has 2 heterocycles. The lowest BCUT2D eigenvalue weighted by atomic mass is 9.89. The predicted octanol–water partition coefficient (Wildman–Crippen LogP) is 2.83. The van der Waals surface area contributed by atoms with E-state index in [0.29, 0.717) is 23.2 Å². The van der Waals surface area contributed by atoms with Crippen LogP contribution in [0.25, 0.3) is 11.5 Å². The van der Waals surface area contributed by atoms with Gasteiger partial charge < -0.3 is 19.4 Å². The number of ether oxygens (including phenoxy) is 1. The number of methoxy groups -OCH3 is 1. The lowest BCUT2D eigenvalue weighted by Crippen LogP contribution is -2.36. The summed E-state index contributed by atoms with van der Waals surface area (Å²) in [5, 5.41) is 10.9. The lowest BCUT2D eigenvalue weighted by molar-refractivity contribution is -0.134. The van der Waals surface area contributed by atoms with Crippen molar-refractivity contribution in [3.63, 3.8) is 0 Å². The third-order valence-electron chi connectivity index (χ3n) is 4.84. The second kappa shape index (κ2) is 7.75. The number of fused-ring (bicyclic) bond motifs is 1. The van der Waals surface area contributed by atoms with Gasteiger partial charge >= 0.3 is 0 Å². The van der Waals surface area contributed by atoms with Crippen LogP contribution in [0, 0.1) is 0 Å². The molecule has 1 aliphatic heterocycles. The summed E-state index contributed by atoms with van der Waals surface area (Å²) in [6.45, 7) is 0.149. The molecule has 0 bridgehead atoms. The van der Waals surface area contributed by atoms with Crippen molar-refractivity contribution in [1.82, 2.24) is 15.1 Å². The second-order valence-corrected chi connectivity index (χ2v) is 6.79. The molecule has 1 atom stereocenters. The minimum Gasteiger partial charge on any atom is -0.495 e. The van der Waals surface area contributed by atoms with Gasteiger partial charge in [-0.3, -0.25) is 9.59 Å². The van der Waals surface area contributed by atoms with E-state index in [-0.39, 0.29) is 24.8 Å². The first-order valence-corrected chi connectivity index (χ1v) is 9.16. The van der Waals surface area contributed by atoms with Crippen LogP contribution >= 0.6 is 0 Å². The highest BCUT2D eigenvalue weighted by Gasteiger charge is 2.34. The van der Waals surface area contributed by atoms with Crippen LogP contribution in [0.1, 0.15) is 23.8 Å². The highest BCUT2D eigenvalue weighted by atomic mass is 16.5. The first kappa shape index (κ1) is 18.7. The summed E-state index contributed by atoms with van der Waals surface area (Å²) < 4.78 is 11.0. The Bertz CT molecular complexity index is 1050. The van der Waals surface area contributed by atoms with Crippen LogP contribution in [0.2, 0.25) is 0 Å². The van der Waals surface area contributed by atoms with Crippen LogP contribution in [0.4, 0.5) is 5.69 Å². The smallest absolute Gasteiger partial charge is 0.247 e. The van der Waals surface area contributed by atoms with Gasteiger partial charge in [-0.1, -0.05) is 30.3 Å². The molecule has 0 fully saturated rings. The average Bonchev–Trinajstić information content (AvgIpc) is 3.21. The van der Waals surface area contributed by atoms with Crippen molar-refractivity contribution in [2.45, 2.75) is 18.9 Å². The molecule has 2 amide bonds. The normalized spacial score (nSPS) is 15.4. The molecule has 1 aliphatic rings. The number of nitrogens with one attached hydrogen (secondary N) is 1. The van der Waals surface area contributed by atoms with Gasteiger partial charge in [-0.15, -0.1) is 10.2 Å². The Morgan fingerprint density at radius 3 is 2.76 bits per heavy atom. The van der Waals surface area contributed by atoms with E-state index in [1.165, 1.54) is 12.0 Å². The molecule has 8 nitrogen and oxygen atoms in total. The Morgan fingerprint density at radius 2 is 2.00 bits per heavy atom. The van der Waals surface area contributed by atoms with Crippen molar-refractivity contribution in [3.8, 4) is 17.2 Å². The predicted molar refractivity (Wildman–Crippen MR) is 105 cm³/mol. The van der Waals surface area contributed by atoms with Crippen LogP contribution < -0.4 is 10.1 Å². The molecule has 0 saturated carbocycles. The number of para-hydroxylation sites is 1. The van der Waals surface area contributed by atoms with E-state index < -0.39 is 5.92 Å². The number of anilines is 1. The minimum absolute atomic E-state index is 0.0719. The SMILES string of the molecule is COc1cccc2c1NC(=O)C[C@H]2C(=O)N(C)Cc1nnc(-c2ccccc2)o1. The summed E-state index contributed by atoms with van der Waals surface area (Å²) >= 11 is 0. The van der Waals surface area contributed by atoms with Gasteiger partial charge in [0.25, 0.3) is 0 Å². The Morgan fingerprint density at radius 1 is 1.21 bits per heavy atom. The van der Waals surface area contributed by atoms with E-state index in [1.54, 1.807) is 19.2 Å². The molecule has 0 unspecified atom stereocenters. The molecule has 0 spiro atoms. The summed E-state index contributed by atoms with van der Waals surface area (Å²) in [5.41, 5.74) is 2.09. The standard InChI is InChI=1S/C21H20N4O4/c1-25(12-18-23-24-20(29-18)13-7-4-3-5-8-13)21(27)15-11-17(26)22-19-14(15)9-6-10-16(19)28-2/h3-10,15H,11-12H2,1-2H3,(H,22,26)/t15-/m1/s1. The number of aromatic nitrogens is 2. The van der Waals surface area contributed by atoms with Crippen LogP contribution in [0.3, 0.4) is 0 Å². The van der Waals surface area contributed by atoms with E-state index in [1.807, 2.05) is 36.4 Å². The number of carbonyl (C=O) groups is 2. The topological polar surface area (TPSA) is 97.6 Å². The van der Waals surface area contributed by atoms with Gasteiger partial charge in [-0.05, 0) is 23.8 Å². The largest absolute Gasteiger partial charge is 0.495 e. The third kappa shape index (κ3) is 3.69. The summed E-state index contributed by atoms with van der Waals surface area (Å²) in [6.07, 6.45) is 0.0719. The quantitative estimate of drug-likeness (QED) is 0.717. The van der Waals surface area contributed by atoms with Crippen LogP contribution in [0.15, 0.2) is 52.9 Å². The molecular formula is C21H20N4O4. The maximum atomic E-state index is 13.1. The maximum absolute atomic E-state index is 13.1. The van der Waals surface area contributed by atoms with Gasteiger partial charge in [-0.2, -0.15) is 0 Å². The first-order chi connectivity index (χ1) is 14.1. The molecule has 148 valence electrons. The number of carbonyl (C=O) groups excluding carboxylic acids is 2. The van der Waals surface area contributed by atoms with Gasteiger partial charge in [0.15, 0.2) is 0 Å². The zero-order valence-electron chi connectivity index (χ0n) is 16.1. The van der Waals surface area contributed by atoms with E-state index in [9.17, 15) is 9.59 Å². The molecule has 8 heteroatoms. The van der Waals surface area contributed by atoms with Crippen molar-refractivity contribution in [2.75, 3.05) is 19.5 Å². The Kier molecular flexibility index (Phi) is 4.99. The number of nitrogens with zero attached hydrogens (tertiary/aromatic N) is 3. The maximum Gasteiger partial charge on any atom is 0.247 e. The number of likely N-dealkylation sites (N-methyl/N-ethyl adjacent to an activating group) is 1. The van der Waals surface area contributed by atoms with Crippen molar-refractivity contribution in [2.24, 2.45) is 0 Å². The highest BCUT2D eigenvalue weighted by Crippen LogP contribution is 2.39. The van der Waals surface area contributed by atoms with Crippen molar-refractivity contribution in [3.05, 3.63) is 60.0 Å². The van der Waals surface area contributed by atoms with Crippen molar-refractivity contribution < 1.29 is 18.7 Å². The molecular weight excluding hydrogens is 372 g/mol. The fraction of sp³-hybridized carbons (Fsp3) is 0.238. The van der Waals surface area contributed by atoms with Gasteiger partial charge in [0.05, 0.1) is 25.3 Å². The Labute approximate surface area is 167 Å². The molecule has 2 aromatic carbocycles. The van der Waals surface area contributed by atoms with E-state index >= 15 is 0 Å². The van der Waals surface area contributed by atoms with Crippen molar-refractivity contribution in [1.29, 1.82) is 0 Å². The minimum atomic E-state index is -0.602. The monoisotopic (exact) mass is 392 g/mol. The molecule has 0 saturated heterocycles. The van der Waals surface area contributed by atoms with Crippen LogP contribution in [-0.2, 0) is 16.1 Å². The highest BCUT2D eigenvalue weighted by molar-refractivity contribution is 6.02. The van der Waals surface area contributed by atoms with Crippen molar-refractivity contribution >= 4 is 17.5 Å². The fourth-order valence-corrected chi connectivity index (χ4v) is 3.41. The van der Waals surface area contributed by atoms with E-state index in [2.05, 4.69) is 15.5 Å². The first-order valence-electron chi connectivity index (χ1n) is 9.16. The lowest BCUT2D eigenvalue weighted by Gasteiger charge is -2.28. The number of rotatable bonds is 5. The molecule has 1 aromatic heterocycles.